The van der Waals surface area contributed by atoms with Crippen molar-refractivity contribution < 1.29 is 17.6 Å². The van der Waals surface area contributed by atoms with E-state index >= 15 is 0 Å². The third-order valence-electron chi connectivity index (χ3n) is 3.03. The molecule has 3 nitrogen and oxygen atoms in total. The van der Waals surface area contributed by atoms with Crippen molar-refractivity contribution in [2.75, 3.05) is 6.26 Å². The van der Waals surface area contributed by atoms with Gasteiger partial charge in [-0.1, -0.05) is 34.1 Å². The third-order valence-corrected chi connectivity index (χ3v) is 4.67. The topological polar surface area (TPSA) is 51.2 Å². The SMILES string of the molecule is CS(=O)(=O)c1ccc(CC=O)c(-c2ccc(Br)cc2)c1F. The van der Waals surface area contributed by atoms with Crippen molar-refractivity contribution in [1.29, 1.82) is 0 Å². The average molecular weight is 371 g/mol. The minimum absolute atomic E-state index is 0.0202. The molecule has 0 unspecified atom stereocenters. The summed E-state index contributed by atoms with van der Waals surface area (Å²) in [6.07, 6.45) is 1.64. The van der Waals surface area contributed by atoms with E-state index in [9.17, 15) is 17.6 Å². The number of sulfone groups is 1. The highest BCUT2D eigenvalue weighted by Gasteiger charge is 2.20. The predicted octanol–water partition coefficient (Wildman–Crippen LogP) is 3.40. The van der Waals surface area contributed by atoms with E-state index < -0.39 is 15.7 Å². The Morgan fingerprint density at radius 1 is 1.14 bits per heavy atom. The van der Waals surface area contributed by atoms with Crippen LogP contribution in [0.4, 0.5) is 4.39 Å². The molecular weight excluding hydrogens is 359 g/mol. The van der Waals surface area contributed by atoms with Crippen LogP contribution in [-0.4, -0.2) is 21.0 Å². The highest BCUT2D eigenvalue weighted by molar-refractivity contribution is 9.10. The number of halogens is 2. The van der Waals surface area contributed by atoms with E-state index in [2.05, 4.69) is 15.9 Å². The molecule has 0 spiro atoms. The first-order chi connectivity index (χ1) is 9.84. The zero-order valence-electron chi connectivity index (χ0n) is 11.1. The number of hydrogen-bond donors (Lipinski definition) is 0. The Morgan fingerprint density at radius 3 is 2.29 bits per heavy atom. The molecule has 0 atom stereocenters. The van der Waals surface area contributed by atoms with Crippen LogP contribution in [0.2, 0.25) is 0 Å². The quantitative estimate of drug-likeness (QED) is 0.775. The molecule has 2 aromatic carbocycles. The van der Waals surface area contributed by atoms with Crippen LogP contribution in [0.5, 0.6) is 0 Å². The molecule has 0 aromatic heterocycles. The summed E-state index contributed by atoms with van der Waals surface area (Å²) in [6.45, 7) is 0. The van der Waals surface area contributed by atoms with E-state index in [0.29, 0.717) is 17.4 Å². The number of rotatable bonds is 4. The summed E-state index contributed by atoms with van der Waals surface area (Å²) in [5, 5.41) is 0. The van der Waals surface area contributed by atoms with E-state index in [1.165, 1.54) is 12.1 Å². The molecule has 0 amide bonds. The predicted molar refractivity (Wildman–Crippen MR) is 82.4 cm³/mol. The van der Waals surface area contributed by atoms with Crippen LogP contribution in [0.25, 0.3) is 11.1 Å². The molecule has 6 heteroatoms. The first-order valence-electron chi connectivity index (χ1n) is 6.05. The van der Waals surface area contributed by atoms with Gasteiger partial charge in [-0.25, -0.2) is 12.8 Å². The summed E-state index contributed by atoms with van der Waals surface area (Å²) in [5.41, 5.74) is 1.13. The van der Waals surface area contributed by atoms with Gasteiger partial charge in [-0.3, -0.25) is 0 Å². The second kappa shape index (κ2) is 6.07. The number of carbonyl (C=O) groups excluding carboxylic acids is 1. The summed E-state index contributed by atoms with van der Waals surface area (Å²) >= 11 is 3.29. The molecule has 0 radical (unpaired) electrons. The molecule has 2 rings (SSSR count). The Bertz CT molecular complexity index is 783. The van der Waals surface area contributed by atoms with Gasteiger partial charge >= 0.3 is 0 Å². The van der Waals surface area contributed by atoms with Gasteiger partial charge in [0, 0.05) is 22.7 Å². The minimum atomic E-state index is -3.68. The number of hydrogen-bond acceptors (Lipinski definition) is 3. The van der Waals surface area contributed by atoms with Crippen molar-refractivity contribution in [3.05, 3.63) is 52.3 Å². The van der Waals surface area contributed by atoms with Crippen LogP contribution in [0.1, 0.15) is 5.56 Å². The number of aldehydes is 1. The molecule has 0 aliphatic rings. The molecule has 21 heavy (non-hydrogen) atoms. The van der Waals surface area contributed by atoms with E-state index in [0.717, 1.165) is 10.7 Å². The van der Waals surface area contributed by atoms with Gasteiger partial charge in [0.15, 0.2) is 9.84 Å². The second-order valence-electron chi connectivity index (χ2n) is 4.56. The zero-order chi connectivity index (χ0) is 15.6. The van der Waals surface area contributed by atoms with Crippen molar-refractivity contribution in [3.8, 4) is 11.1 Å². The molecule has 0 bridgehead atoms. The molecule has 0 aliphatic heterocycles. The van der Waals surface area contributed by atoms with Crippen molar-refractivity contribution in [3.63, 3.8) is 0 Å². The fourth-order valence-electron chi connectivity index (χ4n) is 2.07. The molecule has 0 saturated carbocycles. The Hall–Kier alpha value is -1.53. The summed E-state index contributed by atoms with van der Waals surface area (Å²) in [4.78, 5) is 10.4. The van der Waals surface area contributed by atoms with Gasteiger partial charge in [0.25, 0.3) is 0 Å². The maximum atomic E-state index is 14.6. The van der Waals surface area contributed by atoms with Crippen LogP contribution < -0.4 is 0 Å². The van der Waals surface area contributed by atoms with E-state index in [-0.39, 0.29) is 16.9 Å². The first-order valence-corrected chi connectivity index (χ1v) is 8.74. The van der Waals surface area contributed by atoms with Gasteiger partial charge in [-0.2, -0.15) is 0 Å². The molecule has 0 saturated heterocycles. The van der Waals surface area contributed by atoms with Crippen LogP contribution in [-0.2, 0) is 21.1 Å². The fraction of sp³-hybridized carbons (Fsp3) is 0.133. The van der Waals surface area contributed by atoms with E-state index in [1.54, 1.807) is 24.3 Å². The lowest BCUT2D eigenvalue weighted by Crippen LogP contribution is -2.05. The zero-order valence-corrected chi connectivity index (χ0v) is 13.5. The maximum absolute atomic E-state index is 14.6. The lowest BCUT2D eigenvalue weighted by molar-refractivity contribution is -0.107. The Morgan fingerprint density at radius 2 is 1.76 bits per heavy atom. The van der Waals surface area contributed by atoms with Gasteiger partial charge in [-0.05, 0) is 29.3 Å². The van der Waals surface area contributed by atoms with E-state index in [1.807, 2.05) is 0 Å². The average Bonchev–Trinajstić information content (AvgIpc) is 2.39. The van der Waals surface area contributed by atoms with Crippen LogP contribution in [0.15, 0.2) is 45.8 Å². The molecule has 0 aliphatic carbocycles. The lowest BCUT2D eigenvalue weighted by atomic mass is 9.97. The van der Waals surface area contributed by atoms with Gasteiger partial charge < -0.3 is 4.79 Å². The molecular formula is C15H12BrFO3S. The monoisotopic (exact) mass is 370 g/mol. The normalized spacial score (nSPS) is 11.4. The van der Waals surface area contributed by atoms with E-state index in [4.69, 9.17) is 0 Å². The summed E-state index contributed by atoms with van der Waals surface area (Å²) in [7, 11) is -3.68. The van der Waals surface area contributed by atoms with Crippen molar-refractivity contribution in [2.45, 2.75) is 11.3 Å². The van der Waals surface area contributed by atoms with Crippen molar-refractivity contribution in [1.82, 2.24) is 0 Å². The Kier molecular flexibility index (Phi) is 4.58. The van der Waals surface area contributed by atoms with Crippen LogP contribution in [0.3, 0.4) is 0 Å². The van der Waals surface area contributed by atoms with Crippen LogP contribution >= 0.6 is 15.9 Å². The largest absolute Gasteiger partial charge is 0.303 e. The molecule has 110 valence electrons. The highest BCUT2D eigenvalue weighted by Crippen LogP contribution is 2.32. The van der Waals surface area contributed by atoms with Gasteiger partial charge in [0.1, 0.15) is 17.0 Å². The summed E-state index contributed by atoms with van der Waals surface area (Å²) in [5.74, 6) is -0.820. The lowest BCUT2D eigenvalue weighted by Gasteiger charge is -2.12. The molecule has 2 aromatic rings. The smallest absolute Gasteiger partial charge is 0.178 e. The van der Waals surface area contributed by atoms with Crippen LogP contribution in [0, 0.1) is 5.82 Å². The Labute approximate surface area is 130 Å². The number of benzene rings is 2. The Balaban J connectivity index is 2.76. The number of carbonyl (C=O) groups is 1. The van der Waals surface area contributed by atoms with Gasteiger partial charge in [0.05, 0.1) is 0 Å². The van der Waals surface area contributed by atoms with Gasteiger partial charge in [0.2, 0.25) is 0 Å². The fourth-order valence-corrected chi connectivity index (χ4v) is 3.08. The standard InChI is InChI=1S/C15H12BrFO3S/c1-21(19,20)13-7-4-11(8-9-18)14(15(13)17)10-2-5-12(16)6-3-10/h2-7,9H,8H2,1H3. The molecule has 0 N–H and O–H groups in total. The van der Waals surface area contributed by atoms with Gasteiger partial charge in [-0.15, -0.1) is 0 Å². The molecule has 0 heterocycles. The third kappa shape index (κ3) is 3.39. The highest BCUT2D eigenvalue weighted by atomic mass is 79.9. The maximum Gasteiger partial charge on any atom is 0.178 e. The summed E-state index contributed by atoms with van der Waals surface area (Å²) in [6, 6.07) is 9.47. The first kappa shape index (κ1) is 15.9. The minimum Gasteiger partial charge on any atom is -0.303 e. The van der Waals surface area contributed by atoms with Crippen molar-refractivity contribution >= 4 is 32.1 Å². The van der Waals surface area contributed by atoms with Crippen molar-refractivity contribution in [2.24, 2.45) is 0 Å². The molecule has 0 fully saturated rings. The second-order valence-corrected chi connectivity index (χ2v) is 7.46. The summed E-state index contributed by atoms with van der Waals surface area (Å²) < 4.78 is 38.7.